The van der Waals surface area contributed by atoms with Crippen LogP contribution in [0.4, 0.5) is 0 Å². The minimum atomic E-state index is -3.28. The largest absolute Gasteiger partial charge is 0.361 e. The van der Waals surface area contributed by atoms with Gasteiger partial charge in [0.15, 0.2) is 0 Å². The van der Waals surface area contributed by atoms with Gasteiger partial charge >= 0.3 is 0 Å². The van der Waals surface area contributed by atoms with Gasteiger partial charge in [0.05, 0.1) is 12.2 Å². The highest BCUT2D eigenvalue weighted by atomic mass is 32.2. The summed E-state index contributed by atoms with van der Waals surface area (Å²) in [6.45, 7) is 0.113. The second-order valence-electron chi connectivity index (χ2n) is 4.98. The Balaban J connectivity index is 1.91. The van der Waals surface area contributed by atoms with Crippen molar-refractivity contribution in [3.8, 4) is 0 Å². The smallest absolute Gasteiger partial charge is 0.224 e. The minimum absolute atomic E-state index is 0.0976. The Morgan fingerprint density at radius 1 is 1.29 bits per heavy atom. The van der Waals surface area contributed by atoms with Crippen LogP contribution < -0.4 is 5.32 Å². The van der Waals surface area contributed by atoms with Gasteiger partial charge in [-0.25, -0.2) is 12.7 Å². The van der Waals surface area contributed by atoms with Crippen LogP contribution in [0.15, 0.2) is 30.5 Å². The van der Waals surface area contributed by atoms with E-state index in [0.29, 0.717) is 0 Å². The average Bonchev–Trinajstić information content (AvgIpc) is 2.82. The van der Waals surface area contributed by atoms with Crippen LogP contribution in [0.3, 0.4) is 0 Å². The third kappa shape index (κ3) is 3.83. The number of benzene rings is 1. The van der Waals surface area contributed by atoms with Crippen molar-refractivity contribution in [1.29, 1.82) is 0 Å². The average molecular weight is 309 g/mol. The maximum Gasteiger partial charge on any atom is 0.224 e. The summed E-state index contributed by atoms with van der Waals surface area (Å²) < 4.78 is 24.3. The van der Waals surface area contributed by atoms with Crippen molar-refractivity contribution < 1.29 is 13.2 Å². The van der Waals surface area contributed by atoms with Gasteiger partial charge in [0, 0.05) is 37.7 Å². The Morgan fingerprint density at radius 3 is 2.71 bits per heavy atom. The molecule has 2 N–H and O–H groups in total. The topological polar surface area (TPSA) is 82.3 Å². The second-order valence-corrected chi connectivity index (χ2v) is 7.29. The molecule has 1 heterocycles. The van der Waals surface area contributed by atoms with Crippen molar-refractivity contribution in [3.63, 3.8) is 0 Å². The van der Waals surface area contributed by atoms with E-state index in [1.165, 1.54) is 14.1 Å². The first-order valence-electron chi connectivity index (χ1n) is 6.62. The second kappa shape index (κ2) is 6.28. The van der Waals surface area contributed by atoms with Crippen molar-refractivity contribution >= 4 is 26.8 Å². The molecule has 0 saturated heterocycles. The van der Waals surface area contributed by atoms with Crippen LogP contribution in [0.25, 0.3) is 10.9 Å². The summed E-state index contributed by atoms with van der Waals surface area (Å²) in [5, 5.41) is 3.65. The number of fused-ring (bicyclic) bond motifs is 1. The zero-order valence-electron chi connectivity index (χ0n) is 12.1. The first-order valence-corrected chi connectivity index (χ1v) is 8.23. The Hall–Kier alpha value is -1.86. The molecule has 1 aromatic heterocycles. The number of amides is 1. The molecule has 21 heavy (non-hydrogen) atoms. The lowest BCUT2D eigenvalue weighted by atomic mass is 10.1. The molecule has 0 aliphatic rings. The van der Waals surface area contributed by atoms with Crippen LogP contribution >= 0.6 is 0 Å². The van der Waals surface area contributed by atoms with Gasteiger partial charge in [0.2, 0.25) is 15.9 Å². The van der Waals surface area contributed by atoms with E-state index in [4.69, 9.17) is 0 Å². The maximum atomic E-state index is 11.9. The normalized spacial score (nSPS) is 12.0. The van der Waals surface area contributed by atoms with E-state index in [1.807, 2.05) is 24.3 Å². The van der Waals surface area contributed by atoms with E-state index in [9.17, 15) is 13.2 Å². The molecule has 1 aromatic carbocycles. The van der Waals surface area contributed by atoms with Crippen molar-refractivity contribution in [2.45, 2.75) is 6.42 Å². The van der Waals surface area contributed by atoms with Crippen molar-refractivity contribution in [2.24, 2.45) is 0 Å². The van der Waals surface area contributed by atoms with Gasteiger partial charge in [-0.2, -0.15) is 0 Å². The van der Waals surface area contributed by atoms with Crippen LogP contribution in [-0.2, 0) is 21.2 Å². The monoisotopic (exact) mass is 309 g/mol. The quantitative estimate of drug-likeness (QED) is 0.825. The Labute approximate surface area is 124 Å². The number of para-hydroxylation sites is 1. The number of sulfonamides is 1. The molecule has 0 fully saturated rings. The molecule has 0 saturated carbocycles. The van der Waals surface area contributed by atoms with Crippen LogP contribution in [0.2, 0.25) is 0 Å². The lowest BCUT2D eigenvalue weighted by Gasteiger charge is -2.11. The standard InChI is InChI=1S/C14H19N3O3S/c1-17(2)21(19,20)8-7-15-14(18)9-11-10-16-13-6-4-3-5-12(11)13/h3-6,10,16H,7-9H2,1-2H3,(H,15,18). The molecule has 0 spiro atoms. The van der Waals surface area contributed by atoms with Crippen molar-refractivity contribution in [2.75, 3.05) is 26.4 Å². The number of carbonyl (C=O) groups is 1. The summed E-state index contributed by atoms with van der Waals surface area (Å²) in [5.74, 6) is -0.284. The van der Waals surface area contributed by atoms with E-state index in [1.54, 1.807) is 6.20 Å². The molecular formula is C14H19N3O3S. The fraction of sp³-hybridized carbons (Fsp3) is 0.357. The van der Waals surface area contributed by atoms with Gasteiger partial charge in [0.25, 0.3) is 0 Å². The van der Waals surface area contributed by atoms with Crippen molar-refractivity contribution in [1.82, 2.24) is 14.6 Å². The lowest BCUT2D eigenvalue weighted by molar-refractivity contribution is -0.120. The summed E-state index contributed by atoms with van der Waals surface area (Å²) in [7, 11) is -0.328. The Morgan fingerprint density at radius 2 is 2.00 bits per heavy atom. The number of H-pyrrole nitrogens is 1. The highest BCUT2D eigenvalue weighted by Crippen LogP contribution is 2.17. The molecule has 0 atom stereocenters. The molecule has 0 aliphatic carbocycles. The van der Waals surface area contributed by atoms with Gasteiger partial charge in [0.1, 0.15) is 0 Å². The lowest BCUT2D eigenvalue weighted by Crippen LogP contribution is -2.34. The van der Waals surface area contributed by atoms with Gasteiger partial charge in [-0.3, -0.25) is 4.79 Å². The van der Waals surface area contributed by atoms with Gasteiger partial charge in [-0.1, -0.05) is 18.2 Å². The van der Waals surface area contributed by atoms with Gasteiger partial charge in [-0.15, -0.1) is 0 Å². The maximum absolute atomic E-state index is 11.9. The Bertz CT molecular complexity index is 735. The predicted molar refractivity (Wildman–Crippen MR) is 82.5 cm³/mol. The molecular weight excluding hydrogens is 290 g/mol. The predicted octanol–water partition coefficient (Wildman–Crippen LogP) is 0.718. The van der Waals surface area contributed by atoms with E-state index in [-0.39, 0.29) is 24.6 Å². The van der Waals surface area contributed by atoms with Crippen LogP contribution in [0, 0.1) is 0 Å². The number of aromatic amines is 1. The number of hydrogen-bond acceptors (Lipinski definition) is 3. The number of hydrogen-bond donors (Lipinski definition) is 2. The number of carbonyl (C=O) groups excluding carboxylic acids is 1. The third-order valence-corrected chi connectivity index (χ3v) is 5.10. The molecule has 6 nitrogen and oxygen atoms in total. The zero-order chi connectivity index (χ0) is 15.5. The molecule has 2 rings (SSSR count). The van der Waals surface area contributed by atoms with Gasteiger partial charge < -0.3 is 10.3 Å². The highest BCUT2D eigenvalue weighted by Gasteiger charge is 2.14. The highest BCUT2D eigenvalue weighted by molar-refractivity contribution is 7.89. The van der Waals surface area contributed by atoms with Gasteiger partial charge in [-0.05, 0) is 11.6 Å². The molecule has 114 valence electrons. The summed E-state index contributed by atoms with van der Waals surface area (Å²) in [4.78, 5) is 15.0. The van der Waals surface area contributed by atoms with Crippen LogP contribution in [0.5, 0.6) is 0 Å². The minimum Gasteiger partial charge on any atom is -0.361 e. The number of nitrogens with zero attached hydrogens (tertiary/aromatic N) is 1. The van der Waals surface area contributed by atoms with E-state index < -0.39 is 10.0 Å². The summed E-state index contributed by atoms with van der Waals surface area (Å²) in [6.07, 6.45) is 2.03. The fourth-order valence-electron chi connectivity index (χ4n) is 2.02. The number of nitrogens with one attached hydrogen (secondary N) is 2. The summed E-state index contributed by atoms with van der Waals surface area (Å²) in [6, 6.07) is 7.74. The molecule has 1 amide bonds. The molecule has 0 radical (unpaired) electrons. The first-order chi connectivity index (χ1) is 9.90. The molecule has 7 heteroatoms. The molecule has 0 unspecified atom stereocenters. The first kappa shape index (κ1) is 15.5. The SMILES string of the molecule is CN(C)S(=O)(=O)CCNC(=O)Cc1c[nH]c2ccccc12. The van der Waals surface area contributed by atoms with Crippen LogP contribution in [-0.4, -0.2) is 50.0 Å². The summed E-state index contributed by atoms with van der Waals surface area (Å²) in [5.41, 5.74) is 1.88. The van der Waals surface area contributed by atoms with Crippen LogP contribution in [0.1, 0.15) is 5.56 Å². The third-order valence-electron chi connectivity index (χ3n) is 3.26. The number of rotatable bonds is 6. The van der Waals surface area contributed by atoms with E-state index in [0.717, 1.165) is 20.8 Å². The number of aromatic nitrogens is 1. The molecule has 0 bridgehead atoms. The van der Waals surface area contributed by atoms with E-state index in [2.05, 4.69) is 10.3 Å². The Kier molecular flexibility index (Phi) is 4.64. The van der Waals surface area contributed by atoms with Crippen molar-refractivity contribution in [3.05, 3.63) is 36.0 Å². The fourth-order valence-corrected chi connectivity index (χ4v) is 2.74. The molecule has 0 aliphatic heterocycles. The molecule has 2 aromatic rings. The van der Waals surface area contributed by atoms with E-state index >= 15 is 0 Å². The summed E-state index contributed by atoms with van der Waals surface area (Å²) >= 11 is 0. The zero-order valence-corrected chi connectivity index (χ0v) is 12.9.